The maximum atomic E-state index is 12.7. The fourth-order valence-corrected chi connectivity index (χ4v) is 3.75. The van der Waals surface area contributed by atoms with Crippen LogP contribution in [0.5, 0.6) is 6.01 Å². The SMILES string of the molecule is Cc1cc(C(=O)N2CC[C@@H]3OCC[C@]3(COc3nccc(C)n3)C2)on1. The zero-order chi connectivity index (χ0) is 18.1. The molecule has 0 aliphatic carbocycles. The Morgan fingerprint density at radius 3 is 3.08 bits per heavy atom. The Hall–Kier alpha value is -2.48. The second-order valence-electron chi connectivity index (χ2n) is 7.09. The van der Waals surface area contributed by atoms with Crippen LogP contribution >= 0.6 is 0 Å². The third kappa shape index (κ3) is 3.16. The van der Waals surface area contributed by atoms with Gasteiger partial charge in [-0.05, 0) is 32.8 Å². The first-order valence-electron chi connectivity index (χ1n) is 8.82. The number of carbonyl (C=O) groups is 1. The smallest absolute Gasteiger partial charge is 0.316 e. The van der Waals surface area contributed by atoms with Crippen LogP contribution in [-0.4, -0.2) is 58.3 Å². The van der Waals surface area contributed by atoms with Crippen LogP contribution in [0.3, 0.4) is 0 Å². The Kier molecular flexibility index (Phi) is 4.36. The van der Waals surface area contributed by atoms with Gasteiger partial charge in [0.05, 0.1) is 17.2 Å². The van der Waals surface area contributed by atoms with Crippen LogP contribution in [0.15, 0.2) is 22.9 Å². The molecule has 4 heterocycles. The molecule has 26 heavy (non-hydrogen) atoms. The summed E-state index contributed by atoms with van der Waals surface area (Å²) < 4.78 is 17.0. The number of carbonyl (C=O) groups excluding carboxylic acids is 1. The molecule has 0 bridgehead atoms. The van der Waals surface area contributed by atoms with Crippen molar-refractivity contribution in [2.45, 2.75) is 32.8 Å². The zero-order valence-corrected chi connectivity index (χ0v) is 15.0. The molecular formula is C18H22N4O4. The van der Waals surface area contributed by atoms with Crippen molar-refractivity contribution >= 4 is 5.91 Å². The molecule has 0 unspecified atom stereocenters. The predicted molar refractivity (Wildman–Crippen MR) is 90.8 cm³/mol. The number of aromatic nitrogens is 3. The van der Waals surface area contributed by atoms with Crippen LogP contribution in [0, 0.1) is 19.3 Å². The topological polar surface area (TPSA) is 90.6 Å². The summed E-state index contributed by atoms with van der Waals surface area (Å²) in [6.07, 6.45) is 3.37. The molecule has 8 nitrogen and oxygen atoms in total. The fourth-order valence-electron chi connectivity index (χ4n) is 3.75. The average molecular weight is 358 g/mol. The van der Waals surface area contributed by atoms with Gasteiger partial charge >= 0.3 is 6.01 Å². The third-order valence-electron chi connectivity index (χ3n) is 5.16. The molecular weight excluding hydrogens is 336 g/mol. The minimum absolute atomic E-state index is 0.0767. The molecule has 2 fully saturated rings. The maximum Gasteiger partial charge on any atom is 0.316 e. The number of hydrogen-bond acceptors (Lipinski definition) is 7. The minimum Gasteiger partial charge on any atom is -0.463 e. The highest BCUT2D eigenvalue weighted by molar-refractivity contribution is 5.91. The minimum atomic E-state index is -0.254. The molecule has 0 spiro atoms. The summed E-state index contributed by atoms with van der Waals surface area (Å²) in [5.41, 5.74) is 1.30. The van der Waals surface area contributed by atoms with Crippen LogP contribution in [-0.2, 0) is 4.74 Å². The summed E-state index contributed by atoms with van der Waals surface area (Å²) in [7, 11) is 0. The van der Waals surface area contributed by atoms with Gasteiger partial charge in [0, 0.05) is 37.7 Å². The van der Waals surface area contributed by atoms with E-state index >= 15 is 0 Å². The summed E-state index contributed by atoms with van der Waals surface area (Å²) in [5, 5.41) is 3.81. The van der Waals surface area contributed by atoms with E-state index in [0.717, 1.165) is 18.5 Å². The van der Waals surface area contributed by atoms with Gasteiger partial charge in [-0.3, -0.25) is 4.79 Å². The van der Waals surface area contributed by atoms with Crippen LogP contribution in [0.2, 0.25) is 0 Å². The molecule has 138 valence electrons. The molecule has 2 atom stereocenters. The standard InChI is InChI=1S/C18H22N4O4/c1-12-3-6-19-17(20-12)25-11-18-5-8-24-15(18)4-7-22(10-18)16(23)14-9-13(2)21-26-14/h3,6,9,15H,4-5,7-8,10-11H2,1-2H3/t15-,18+/m0/s1. The van der Waals surface area contributed by atoms with Gasteiger partial charge in [-0.1, -0.05) is 5.16 Å². The highest BCUT2D eigenvalue weighted by atomic mass is 16.5. The highest BCUT2D eigenvalue weighted by Gasteiger charge is 2.50. The number of nitrogens with zero attached hydrogens (tertiary/aromatic N) is 4. The first-order chi connectivity index (χ1) is 12.6. The molecule has 2 aromatic heterocycles. The molecule has 0 saturated carbocycles. The molecule has 4 rings (SSSR count). The summed E-state index contributed by atoms with van der Waals surface area (Å²) in [5.74, 6) is 0.139. The van der Waals surface area contributed by atoms with Crippen molar-refractivity contribution in [2.24, 2.45) is 5.41 Å². The van der Waals surface area contributed by atoms with Crippen molar-refractivity contribution in [1.82, 2.24) is 20.0 Å². The summed E-state index contributed by atoms with van der Waals surface area (Å²) >= 11 is 0. The number of ether oxygens (including phenoxy) is 2. The van der Waals surface area contributed by atoms with Crippen molar-refractivity contribution in [3.8, 4) is 6.01 Å². The van der Waals surface area contributed by atoms with E-state index in [-0.39, 0.29) is 23.2 Å². The van der Waals surface area contributed by atoms with Gasteiger partial charge in [-0.15, -0.1) is 0 Å². The van der Waals surface area contributed by atoms with E-state index in [0.29, 0.717) is 38.0 Å². The predicted octanol–water partition coefficient (Wildman–Crippen LogP) is 1.78. The Labute approximate surface area is 151 Å². The lowest BCUT2D eigenvalue weighted by atomic mass is 9.77. The molecule has 1 amide bonds. The monoisotopic (exact) mass is 358 g/mol. The largest absolute Gasteiger partial charge is 0.463 e. The van der Waals surface area contributed by atoms with Crippen molar-refractivity contribution in [1.29, 1.82) is 0 Å². The number of rotatable bonds is 4. The lowest BCUT2D eigenvalue weighted by molar-refractivity contribution is -0.0347. The number of fused-ring (bicyclic) bond motifs is 1. The lowest BCUT2D eigenvalue weighted by Crippen LogP contribution is -2.54. The Morgan fingerprint density at radius 1 is 1.42 bits per heavy atom. The van der Waals surface area contributed by atoms with E-state index in [1.54, 1.807) is 19.2 Å². The Morgan fingerprint density at radius 2 is 2.31 bits per heavy atom. The van der Waals surface area contributed by atoms with Gasteiger partial charge < -0.3 is 18.9 Å². The first kappa shape index (κ1) is 17.0. The van der Waals surface area contributed by atoms with Gasteiger partial charge in [0.1, 0.15) is 6.61 Å². The van der Waals surface area contributed by atoms with E-state index in [4.69, 9.17) is 14.0 Å². The van der Waals surface area contributed by atoms with Crippen LogP contribution < -0.4 is 4.74 Å². The van der Waals surface area contributed by atoms with E-state index in [2.05, 4.69) is 15.1 Å². The zero-order valence-electron chi connectivity index (χ0n) is 15.0. The van der Waals surface area contributed by atoms with Gasteiger partial charge in [0.15, 0.2) is 0 Å². The molecule has 2 aliphatic rings. The van der Waals surface area contributed by atoms with Crippen molar-refractivity contribution in [2.75, 3.05) is 26.3 Å². The second-order valence-corrected chi connectivity index (χ2v) is 7.09. The first-order valence-corrected chi connectivity index (χ1v) is 8.82. The number of amides is 1. The molecule has 0 aromatic carbocycles. The lowest BCUT2D eigenvalue weighted by Gasteiger charge is -2.42. The fraction of sp³-hybridized carbons (Fsp3) is 0.556. The van der Waals surface area contributed by atoms with Crippen molar-refractivity contribution in [3.05, 3.63) is 35.5 Å². The van der Waals surface area contributed by atoms with E-state index in [1.807, 2.05) is 17.9 Å². The molecule has 2 aliphatic heterocycles. The van der Waals surface area contributed by atoms with Crippen LogP contribution in [0.25, 0.3) is 0 Å². The third-order valence-corrected chi connectivity index (χ3v) is 5.16. The summed E-state index contributed by atoms with van der Waals surface area (Å²) in [6, 6.07) is 3.86. The Balaban J connectivity index is 1.50. The van der Waals surface area contributed by atoms with E-state index in [1.165, 1.54) is 0 Å². The number of piperidine rings is 1. The summed E-state index contributed by atoms with van der Waals surface area (Å²) in [4.78, 5) is 23.0. The van der Waals surface area contributed by atoms with Gasteiger partial charge in [-0.25, -0.2) is 9.97 Å². The van der Waals surface area contributed by atoms with Crippen LogP contribution in [0.1, 0.15) is 34.8 Å². The Bertz CT molecular complexity index is 808. The number of aryl methyl sites for hydroxylation is 2. The quantitative estimate of drug-likeness (QED) is 0.823. The van der Waals surface area contributed by atoms with E-state index in [9.17, 15) is 4.79 Å². The van der Waals surface area contributed by atoms with Crippen molar-refractivity contribution in [3.63, 3.8) is 0 Å². The van der Waals surface area contributed by atoms with Gasteiger partial charge in [-0.2, -0.15) is 0 Å². The molecule has 0 N–H and O–H groups in total. The van der Waals surface area contributed by atoms with Crippen molar-refractivity contribution < 1.29 is 18.8 Å². The highest BCUT2D eigenvalue weighted by Crippen LogP contribution is 2.41. The average Bonchev–Trinajstić information content (AvgIpc) is 3.25. The molecule has 2 aromatic rings. The maximum absolute atomic E-state index is 12.7. The number of hydrogen-bond donors (Lipinski definition) is 0. The summed E-state index contributed by atoms with van der Waals surface area (Å²) in [6.45, 7) is 5.98. The van der Waals surface area contributed by atoms with Gasteiger partial charge in [0.2, 0.25) is 5.76 Å². The van der Waals surface area contributed by atoms with Gasteiger partial charge in [0.25, 0.3) is 5.91 Å². The molecule has 2 saturated heterocycles. The molecule has 8 heteroatoms. The second kappa shape index (κ2) is 6.68. The number of likely N-dealkylation sites (tertiary alicyclic amines) is 1. The van der Waals surface area contributed by atoms with Crippen LogP contribution in [0.4, 0.5) is 0 Å². The normalized spacial score (nSPS) is 25.2. The van der Waals surface area contributed by atoms with E-state index < -0.39 is 0 Å². The molecule has 0 radical (unpaired) electrons.